The molecule has 0 unspecified atom stereocenters. The number of carbonyl (C=O) groups excluding carboxylic acids is 2. The van der Waals surface area contributed by atoms with Gasteiger partial charge in [-0.2, -0.15) is 5.26 Å². The number of carbonyl (C=O) groups is 2. The summed E-state index contributed by atoms with van der Waals surface area (Å²) in [4.78, 5) is 46.1. The van der Waals surface area contributed by atoms with Gasteiger partial charge < -0.3 is 14.5 Å². The lowest BCUT2D eigenvalue weighted by Crippen LogP contribution is -2.22. The first-order valence-corrected chi connectivity index (χ1v) is 8.07. The van der Waals surface area contributed by atoms with Crippen LogP contribution in [0.4, 0.5) is 11.4 Å². The zero-order chi connectivity index (χ0) is 21.0. The minimum atomic E-state index is -1.02. The topological polar surface area (TPSA) is 153 Å². The fourth-order valence-corrected chi connectivity index (χ4v) is 2.44. The fourth-order valence-electron chi connectivity index (χ4n) is 2.44. The minimum Gasteiger partial charge on any atom is -0.450 e. The summed E-state index contributed by atoms with van der Waals surface area (Å²) in [5.74, 6) is -2.17. The number of nitro benzene ring substituents is 1. The molecule has 3 rings (SSSR count). The Bertz CT molecular complexity index is 1240. The van der Waals surface area contributed by atoms with Crippen LogP contribution in [0, 0.1) is 21.4 Å². The number of fused-ring (bicyclic) bond motifs is 1. The zero-order valence-corrected chi connectivity index (χ0v) is 14.6. The van der Waals surface area contributed by atoms with Crippen LogP contribution in [0.5, 0.6) is 0 Å². The van der Waals surface area contributed by atoms with E-state index in [1.165, 1.54) is 12.1 Å². The molecule has 2 aromatic carbocycles. The number of nitro groups is 1. The second-order valence-corrected chi connectivity index (χ2v) is 5.69. The van der Waals surface area contributed by atoms with E-state index in [1.54, 1.807) is 24.3 Å². The molecule has 29 heavy (non-hydrogen) atoms. The second-order valence-electron chi connectivity index (χ2n) is 5.69. The molecule has 0 radical (unpaired) electrons. The highest BCUT2D eigenvalue weighted by Crippen LogP contribution is 2.21. The summed E-state index contributed by atoms with van der Waals surface area (Å²) in [5.41, 5.74) is -0.651. The normalized spacial score (nSPS) is 10.2. The number of rotatable bonds is 5. The second kappa shape index (κ2) is 8.01. The van der Waals surface area contributed by atoms with Gasteiger partial charge in [-0.15, -0.1) is 0 Å². The van der Waals surface area contributed by atoms with Gasteiger partial charge in [-0.05, 0) is 18.2 Å². The molecule has 10 nitrogen and oxygen atoms in total. The number of esters is 1. The van der Waals surface area contributed by atoms with Crippen LogP contribution in [0.25, 0.3) is 11.0 Å². The molecule has 1 N–H and O–H groups in total. The summed E-state index contributed by atoms with van der Waals surface area (Å²) in [7, 11) is 0. The third-order valence-electron chi connectivity index (χ3n) is 3.78. The summed E-state index contributed by atoms with van der Waals surface area (Å²) in [6, 6.07) is 12.3. The van der Waals surface area contributed by atoms with Crippen molar-refractivity contribution in [2.24, 2.45) is 0 Å². The Hall–Kier alpha value is -4.52. The van der Waals surface area contributed by atoms with E-state index in [-0.39, 0.29) is 28.3 Å². The Morgan fingerprint density at radius 2 is 1.97 bits per heavy atom. The predicted octanol–water partition coefficient (Wildman–Crippen LogP) is 2.37. The van der Waals surface area contributed by atoms with Gasteiger partial charge in [-0.1, -0.05) is 12.1 Å². The van der Waals surface area contributed by atoms with Crippen molar-refractivity contribution in [2.75, 3.05) is 11.9 Å². The Morgan fingerprint density at radius 3 is 2.69 bits per heavy atom. The maximum absolute atomic E-state index is 12.1. The number of hydrogen-bond donors (Lipinski definition) is 1. The van der Waals surface area contributed by atoms with Gasteiger partial charge >= 0.3 is 5.97 Å². The van der Waals surface area contributed by atoms with E-state index in [1.807, 2.05) is 0 Å². The molecule has 3 aromatic rings. The van der Waals surface area contributed by atoms with Crippen LogP contribution in [0.15, 0.2) is 57.7 Å². The molecule has 0 aliphatic heterocycles. The number of nitriles is 1. The number of amides is 1. The van der Waals surface area contributed by atoms with Crippen LogP contribution in [-0.4, -0.2) is 23.4 Å². The third-order valence-corrected chi connectivity index (χ3v) is 3.78. The Kier molecular flexibility index (Phi) is 5.32. The molecule has 0 saturated carbocycles. The minimum absolute atomic E-state index is 0.0244. The fraction of sp³-hybridized carbons (Fsp3) is 0.0526. The quantitative estimate of drug-likeness (QED) is 0.394. The van der Waals surface area contributed by atoms with E-state index in [2.05, 4.69) is 5.32 Å². The van der Waals surface area contributed by atoms with Crippen LogP contribution in [0.3, 0.4) is 0 Å². The number of benzene rings is 2. The molecule has 0 aliphatic rings. The van der Waals surface area contributed by atoms with Gasteiger partial charge in [0.1, 0.15) is 11.7 Å². The molecule has 0 bridgehead atoms. The maximum Gasteiger partial charge on any atom is 0.374 e. The molecule has 10 heteroatoms. The van der Waals surface area contributed by atoms with Crippen LogP contribution < -0.4 is 10.7 Å². The summed E-state index contributed by atoms with van der Waals surface area (Å²) in [5, 5.41) is 22.4. The van der Waals surface area contributed by atoms with Crippen LogP contribution in [0.1, 0.15) is 16.1 Å². The highest BCUT2D eigenvalue weighted by atomic mass is 16.6. The van der Waals surface area contributed by atoms with Gasteiger partial charge in [0.25, 0.3) is 11.6 Å². The summed E-state index contributed by atoms with van der Waals surface area (Å²) < 4.78 is 10.1. The van der Waals surface area contributed by atoms with Crippen molar-refractivity contribution in [2.45, 2.75) is 0 Å². The van der Waals surface area contributed by atoms with Crippen molar-refractivity contribution >= 4 is 34.2 Å². The number of ether oxygens (including phenoxy) is 1. The number of non-ortho nitro benzene ring substituents is 1. The Balaban J connectivity index is 1.68. The first-order valence-electron chi connectivity index (χ1n) is 8.07. The summed E-state index contributed by atoms with van der Waals surface area (Å²) in [6.45, 7) is -0.725. The van der Waals surface area contributed by atoms with Crippen molar-refractivity contribution in [3.8, 4) is 6.07 Å². The highest BCUT2D eigenvalue weighted by Gasteiger charge is 2.17. The largest absolute Gasteiger partial charge is 0.450 e. The van der Waals surface area contributed by atoms with Gasteiger partial charge in [0.05, 0.1) is 21.6 Å². The number of para-hydroxylation sites is 1. The molecule has 1 heterocycles. The Labute approximate surface area is 162 Å². The van der Waals surface area contributed by atoms with Crippen molar-refractivity contribution in [3.05, 3.63) is 80.2 Å². The van der Waals surface area contributed by atoms with Crippen molar-refractivity contribution in [1.29, 1.82) is 5.26 Å². The first-order chi connectivity index (χ1) is 13.9. The molecule has 1 aromatic heterocycles. The molecule has 144 valence electrons. The van der Waals surface area contributed by atoms with E-state index < -0.39 is 28.8 Å². The smallest absolute Gasteiger partial charge is 0.374 e. The number of hydrogen-bond acceptors (Lipinski definition) is 8. The highest BCUT2D eigenvalue weighted by molar-refractivity contribution is 5.96. The third kappa shape index (κ3) is 4.25. The first kappa shape index (κ1) is 19.2. The number of anilines is 1. The lowest BCUT2D eigenvalue weighted by atomic mass is 10.1. The molecular formula is C19H11N3O7. The maximum atomic E-state index is 12.1. The molecule has 0 atom stereocenters. The van der Waals surface area contributed by atoms with Gasteiger partial charge in [0, 0.05) is 18.2 Å². The molecule has 0 fully saturated rings. The predicted molar refractivity (Wildman–Crippen MR) is 99.2 cm³/mol. The SMILES string of the molecule is N#Cc1cc([N+](=O)[O-])ccc1NC(=O)COC(=O)c1cc(=O)c2ccccc2o1. The molecule has 0 aliphatic carbocycles. The van der Waals surface area contributed by atoms with Gasteiger partial charge in [-0.3, -0.25) is 19.7 Å². The average molecular weight is 393 g/mol. The molecule has 1 amide bonds. The molecule has 0 saturated heterocycles. The van der Waals surface area contributed by atoms with Gasteiger partial charge in [-0.25, -0.2) is 4.79 Å². The van der Waals surface area contributed by atoms with Gasteiger partial charge in [0.15, 0.2) is 12.0 Å². The van der Waals surface area contributed by atoms with E-state index in [9.17, 15) is 24.5 Å². The molecular weight excluding hydrogens is 382 g/mol. The summed E-state index contributed by atoms with van der Waals surface area (Å²) >= 11 is 0. The van der Waals surface area contributed by atoms with E-state index >= 15 is 0 Å². The van der Waals surface area contributed by atoms with Crippen molar-refractivity contribution < 1.29 is 23.7 Å². The average Bonchev–Trinajstić information content (AvgIpc) is 2.72. The number of nitrogens with one attached hydrogen (secondary N) is 1. The van der Waals surface area contributed by atoms with E-state index in [4.69, 9.17) is 14.4 Å². The van der Waals surface area contributed by atoms with Crippen LogP contribution >= 0.6 is 0 Å². The van der Waals surface area contributed by atoms with Crippen LogP contribution in [-0.2, 0) is 9.53 Å². The van der Waals surface area contributed by atoms with E-state index in [0.717, 1.165) is 18.2 Å². The van der Waals surface area contributed by atoms with Crippen molar-refractivity contribution in [3.63, 3.8) is 0 Å². The molecule has 0 spiro atoms. The van der Waals surface area contributed by atoms with Crippen LogP contribution in [0.2, 0.25) is 0 Å². The van der Waals surface area contributed by atoms with E-state index in [0.29, 0.717) is 5.39 Å². The zero-order valence-electron chi connectivity index (χ0n) is 14.6. The number of nitrogens with zero attached hydrogens (tertiary/aromatic N) is 2. The Morgan fingerprint density at radius 1 is 1.21 bits per heavy atom. The van der Waals surface area contributed by atoms with Crippen molar-refractivity contribution in [1.82, 2.24) is 0 Å². The lowest BCUT2D eigenvalue weighted by molar-refractivity contribution is -0.384. The summed E-state index contributed by atoms with van der Waals surface area (Å²) in [6.07, 6.45) is 0. The monoisotopic (exact) mass is 393 g/mol. The van der Waals surface area contributed by atoms with Gasteiger partial charge in [0.2, 0.25) is 5.76 Å². The lowest BCUT2D eigenvalue weighted by Gasteiger charge is -2.08. The standard InChI is InChI=1S/C19H11N3O7/c20-9-11-7-12(22(26)27)5-6-14(11)21-18(24)10-28-19(25)17-8-15(23)13-3-1-2-4-16(13)29-17/h1-8H,10H2,(H,21,24).